The summed E-state index contributed by atoms with van der Waals surface area (Å²) in [5.74, 6) is 0.0804. The van der Waals surface area contributed by atoms with Gasteiger partial charge in [-0.05, 0) is 42.7 Å². The van der Waals surface area contributed by atoms with Gasteiger partial charge in [-0.25, -0.2) is 4.39 Å². The quantitative estimate of drug-likeness (QED) is 0.770. The Morgan fingerprint density at radius 3 is 2.80 bits per heavy atom. The van der Waals surface area contributed by atoms with E-state index in [4.69, 9.17) is 4.74 Å². The molecule has 0 aromatic heterocycles. The molecule has 0 amide bonds. The van der Waals surface area contributed by atoms with Crippen molar-refractivity contribution in [3.63, 3.8) is 0 Å². The summed E-state index contributed by atoms with van der Waals surface area (Å²) in [6.45, 7) is 6.75. The third-order valence-corrected chi connectivity index (χ3v) is 3.94. The SMILES string of the molecule is CC1CC(OCC(=O)c2cccc(F)c2)CC(C)(C)C1. The molecule has 0 aliphatic heterocycles. The molecule has 0 bridgehead atoms. The lowest BCUT2D eigenvalue weighted by molar-refractivity contribution is -0.0167. The lowest BCUT2D eigenvalue weighted by Crippen LogP contribution is -2.33. The van der Waals surface area contributed by atoms with Crippen LogP contribution < -0.4 is 0 Å². The van der Waals surface area contributed by atoms with Crippen molar-refractivity contribution >= 4 is 5.78 Å². The summed E-state index contributed by atoms with van der Waals surface area (Å²) in [6, 6.07) is 5.78. The van der Waals surface area contributed by atoms with Gasteiger partial charge < -0.3 is 4.74 Å². The molecule has 0 saturated heterocycles. The first kappa shape index (κ1) is 15.2. The van der Waals surface area contributed by atoms with Crippen LogP contribution in [0, 0.1) is 17.2 Å². The van der Waals surface area contributed by atoms with Crippen LogP contribution in [-0.2, 0) is 4.74 Å². The normalized spacial score (nSPS) is 25.4. The maximum Gasteiger partial charge on any atom is 0.188 e. The average Bonchev–Trinajstić information content (AvgIpc) is 2.33. The number of carbonyl (C=O) groups excluding carboxylic acids is 1. The summed E-state index contributed by atoms with van der Waals surface area (Å²) >= 11 is 0. The molecule has 2 rings (SSSR count). The Hall–Kier alpha value is -1.22. The van der Waals surface area contributed by atoms with E-state index in [0.29, 0.717) is 11.5 Å². The second-order valence-corrected chi connectivity index (χ2v) is 6.78. The highest BCUT2D eigenvalue weighted by molar-refractivity contribution is 5.97. The largest absolute Gasteiger partial charge is 0.370 e. The van der Waals surface area contributed by atoms with Gasteiger partial charge in [0.15, 0.2) is 5.78 Å². The van der Waals surface area contributed by atoms with Crippen molar-refractivity contribution in [2.75, 3.05) is 6.61 Å². The number of hydrogen-bond donors (Lipinski definition) is 0. The first-order chi connectivity index (χ1) is 9.35. The fourth-order valence-electron chi connectivity index (χ4n) is 3.32. The maximum absolute atomic E-state index is 13.1. The molecule has 1 aliphatic rings. The van der Waals surface area contributed by atoms with Crippen LogP contribution in [0.15, 0.2) is 24.3 Å². The molecule has 1 aliphatic carbocycles. The minimum absolute atomic E-state index is 0.0386. The third kappa shape index (κ3) is 4.14. The first-order valence-corrected chi connectivity index (χ1v) is 7.26. The van der Waals surface area contributed by atoms with Crippen LogP contribution in [0.2, 0.25) is 0 Å². The summed E-state index contributed by atoms with van der Waals surface area (Å²) in [7, 11) is 0. The fourth-order valence-corrected chi connectivity index (χ4v) is 3.32. The Morgan fingerprint density at radius 1 is 1.40 bits per heavy atom. The fraction of sp³-hybridized carbons (Fsp3) is 0.588. The van der Waals surface area contributed by atoms with Gasteiger partial charge in [-0.2, -0.15) is 0 Å². The number of Topliss-reactive ketones (excluding diaryl/α,β-unsaturated/α-hetero) is 1. The first-order valence-electron chi connectivity index (χ1n) is 7.26. The van der Waals surface area contributed by atoms with Crippen LogP contribution in [-0.4, -0.2) is 18.5 Å². The number of hydrogen-bond acceptors (Lipinski definition) is 2. The van der Waals surface area contributed by atoms with Crippen molar-refractivity contribution in [2.45, 2.75) is 46.1 Å². The van der Waals surface area contributed by atoms with E-state index in [0.717, 1.165) is 12.8 Å². The van der Waals surface area contributed by atoms with Gasteiger partial charge in [0.2, 0.25) is 0 Å². The zero-order chi connectivity index (χ0) is 14.8. The van der Waals surface area contributed by atoms with Crippen LogP contribution in [0.1, 0.15) is 50.4 Å². The Morgan fingerprint density at radius 2 is 2.15 bits per heavy atom. The summed E-state index contributed by atoms with van der Waals surface area (Å²) in [5, 5.41) is 0. The lowest BCUT2D eigenvalue weighted by atomic mass is 9.71. The Bertz CT molecular complexity index is 482. The van der Waals surface area contributed by atoms with E-state index in [1.165, 1.54) is 18.6 Å². The molecule has 0 radical (unpaired) electrons. The number of ketones is 1. The van der Waals surface area contributed by atoms with Crippen LogP contribution >= 0.6 is 0 Å². The Balaban J connectivity index is 1.90. The molecule has 3 heteroatoms. The molecule has 1 aromatic rings. The van der Waals surface area contributed by atoms with Gasteiger partial charge in [-0.3, -0.25) is 4.79 Å². The van der Waals surface area contributed by atoms with E-state index >= 15 is 0 Å². The van der Waals surface area contributed by atoms with Crippen LogP contribution in [0.3, 0.4) is 0 Å². The smallest absolute Gasteiger partial charge is 0.188 e. The number of ether oxygens (including phenoxy) is 1. The van der Waals surface area contributed by atoms with E-state index in [-0.39, 0.29) is 29.7 Å². The highest BCUT2D eigenvalue weighted by Crippen LogP contribution is 2.39. The topological polar surface area (TPSA) is 26.3 Å². The number of halogens is 1. The van der Waals surface area contributed by atoms with E-state index in [1.54, 1.807) is 12.1 Å². The maximum atomic E-state index is 13.1. The molecule has 1 aromatic carbocycles. The van der Waals surface area contributed by atoms with Gasteiger partial charge in [0.1, 0.15) is 12.4 Å². The average molecular weight is 278 g/mol. The molecule has 2 unspecified atom stereocenters. The Kier molecular flexibility index (Phi) is 4.59. The molecule has 0 N–H and O–H groups in total. The van der Waals surface area contributed by atoms with Gasteiger partial charge >= 0.3 is 0 Å². The molecule has 1 saturated carbocycles. The van der Waals surface area contributed by atoms with Crippen LogP contribution in [0.25, 0.3) is 0 Å². The minimum Gasteiger partial charge on any atom is -0.370 e. The van der Waals surface area contributed by atoms with Crippen molar-refractivity contribution in [1.29, 1.82) is 0 Å². The van der Waals surface area contributed by atoms with Crippen molar-refractivity contribution < 1.29 is 13.9 Å². The second-order valence-electron chi connectivity index (χ2n) is 6.78. The highest BCUT2D eigenvalue weighted by atomic mass is 19.1. The summed E-state index contributed by atoms with van der Waals surface area (Å²) < 4.78 is 18.9. The van der Waals surface area contributed by atoms with Crippen molar-refractivity contribution in [1.82, 2.24) is 0 Å². The van der Waals surface area contributed by atoms with E-state index < -0.39 is 0 Å². The predicted octanol–water partition coefficient (Wildman–Crippen LogP) is 4.24. The van der Waals surface area contributed by atoms with Gasteiger partial charge in [0.05, 0.1) is 6.10 Å². The molecule has 20 heavy (non-hydrogen) atoms. The number of rotatable bonds is 4. The molecular formula is C17H23FO2. The lowest BCUT2D eigenvalue weighted by Gasteiger charge is -2.38. The van der Waals surface area contributed by atoms with Gasteiger partial charge in [-0.15, -0.1) is 0 Å². The standard InChI is InChI=1S/C17H23FO2/c1-12-7-15(10-17(2,3)9-12)20-11-16(19)13-5-4-6-14(18)8-13/h4-6,8,12,15H,7,9-11H2,1-3H3. The van der Waals surface area contributed by atoms with Crippen LogP contribution in [0.5, 0.6) is 0 Å². The molecule has 2 nitrogen and oxygen atoms in total. The summed E-state index contributed by atoms with van der Waals surface area (Å²) in [6.07, 6.45) is 3.31. The highest BCUT2D eigenvalue weighted by Gasteiger charge is 2.32. The zero-order valence-corrected chi connectivity index (χ0v) is 12.5. The zero-order valence-electron chi connectivity index (χ0n) is 12.5. The Labute approximate surface area is 120 Å². The van der Waals surface area contributed by atoms with E-state index in [9.17, 15) is 9.18 Å². The number of benzene rings is 1. The second kappa shape index (κ2) is 6.04. The van der Waals surface area contributed by atoms with Crippen LogP contribution in [0.4, 0.5) is 4.39 Å². The molecular weight excluding hydrogens is 255 g/mol. The van der Waals surface area contributed by atoms with Crippen molar-refractivity contribution in [2.24, 2.45) is 11.3 Å². The van der Waals surface area contributed by atoms with E-state index in [1.807, 2.05) is 0 Å². The van der Waals surface area contributed by atoms with Gasteiger partial charge in [-0.1, -0.05) is 32.9 Å². The summed E-state index contributed by atoms with van der Waals surface area (Å²) in [5.41, 5.74) is 0.651. The molecule has 0 heterocycles. The number of carbonyl (C=O) groups is 1. The molecule has 2 atom stereocenters. The van der Waals surface area contributed by atoms with Crippen molar-refractivity contribution in [3.05, 3.63) is 35.6 Å². The van der Waals surface area contributed by atoms with Crippen molar-refractivity contribution in [3.8, 4) is 0 Å². The predicted molar refractivity (Wildman–Crippen MR) is 77.3 cm³/mol. The molecule has 1 fully saturated rings. The van der Waals surface area contributed by atoms with E-state index in [2.05, 4.69) is 20.8 Å². The monoisotopic (exact) mass is 278 g/mol. The minimum atomic E-state index is -0.386. The molecule has 0 spiro atoms. The van der Waals surface area contributed by atoms with Gasteiger partial charge in [0.25, 0.3) is 0 Å². The molecule has 110 valence electrons. The third-order valence-electron chi connectivity index (χ3n) is 3.94. The van der Waals surface area contributed by atoms with Gasteiger partial charge in [0, 0.05) is 5.56 Å². The summed E-state index contributed by atoms with van der Waals surface area (Å²) in [4.78, 5) is 12.0.